The molecular weight excluding hydrogens is 388 g/mol. The van der Waals surface area contributed by atoms with E-state index in [0.29, 0.717) is 31.7 Å². The van der Waals surface area contributed by atoms with Gasteiger partial charge in [0.25, 0.3) is 5.91 Å². The first-order valence-corrected chi connectivity index (χ1v) is 11.5. The van der Waals surface area contributed by atoms with Gasteiger partial charge in [0.05, 0.1) is 13.0 Å². The number of ether oxygens (including phenoxy) is 1. The number of hydrogen-bond donors (Lipinski definition) is 1. The third-order valence-electron chi connectivity index (χ3n) is 6.34. The second-order valence-electron chi connectivity index (χ2n) is 8.58. The van der Waals surface area contributed by atoms with Crippen LogP contribution in [0.2, 0.25) is 0 Å². The van der Waals surface area contributed by atoms with Gasteiger partial charge in [-0.2, -0.15) is 0 Å². The molecule has 0 atom stereocenters. The number of rotatable bonds is 6. The predicted octanol–water partition coefficient (Wildman–Crippen LogP) is 3.93. The van der Waals surface area contributed by atoms with Gasteiger partial charge in [-0.15, -0.1) is 0 Å². The van der Waals surface area contributed by atoms with Crippen LogP contribution in [0.1, 0.15) is 59.7 Å². The molecule has 1 fully saturated rings. The summed E-state index contributed by atoms with van der Waals surface area (Å²) >= 11 is 0. The molecule has 2 aliphatic rings. The number of fused-ring (bicyclic) bond motifs is 1. The first-order chi connectivity index (χ1) is 15.1. The first-order valence-electron chi connectivity index (χ1n) is 11.5. The van der Waals surface area contributed by atoms with Crippen LogP contribution in [0.25, 0.3) is 0 Å². The van der Waals surface area contributed by atoms with Crippen molar-refractivity contribution in [2.75, 3.05) is 19.7 Å². The average molecular weight is 421 g/mol. The third kappa shape index (κ3) is 5.46. The number of benzene rings is 2. The lowest BCUT2D eigenvalue weighted by atomic mass is 9.90. The van der Waals surface area contributed by atoms with Crippen LogP contribution < -0.4 is 10.1 Å². The highest BCUT2D eigenvalue weighted by atomic mass is 16.5. The van der Waals surface area contributed by atoms with Gasteiger partial charge in [-0.1, -0.05) is 18.2 Å². The third-order valence-corrected chi connectivity index (χ3v) is 6.34. The fraction of sp³-hybridized carbons (Fsp3) is 0.462. The Morgan fingerprint density at radius 3 is 2.42 bits per heavy atom. The maximum atomic E-state index is 12.8. The number of carbonyl (C=O) groups excluding carboxylic acids is 2. The Hall–Kier alpha value is -2.82. The molecule has 1 saturated heterocycles. The van der Waals surface area contributed by atoms with Crippen molar-refractivity contribution >= 4 is 11.8 Å². The summed E-state index contributed by atoms with van der Waals surface area (Å²) in [4.78, 5) is 27.2. The average Bonchev–Trinajstić information content (AvgIpc) is 2.80. The molecule has 1 N–H and O–H groups in total. The fourth-order valence-corrected chi connectivity index (χ4v) is 4.63. The summed E-state index contributed by atoms with van der Waals surface area (Å²) in [5.41, 5.74) is 4.64. The maximum absolute atomic E-state index is 12.8. The van der Waals surface area contributed by atoms with Gasteiger partial charge in [0.2, 0.25) is 5.91 Å². The van der Waals surface area contributed by atoms with Crippen LogP contribution >= 0.6 is 0 Å². The lowest BCUT2D eigenvalue weighted by molar-refractivity contribution is -0.121. The summed E-state index contributed by atoms with van der Waals surface area (Å²) in [6.45, 7) is 3.87. The minimum Gasteiger partial charge on any atom is -0.494 e. The predicted molar refractivity (Wildman–Crippen MR) is 121 cm³/mol. The Morgan fingerprint density at radius 1 is 1.00 bits per heavy atom. The Bertz CT molecular complexity index is 915. The summed E-state index contributed by atoms with van der Waals surface area (Å²) in [6, 6.07) is 14.0. The number of carbonyl (C=O) groups is 2. The minimum atomic E-state index is 0.0434. The second kappa shape index (κ2) is 9.99. The highest BCUT2D eigenvalue weighted by Crippen LogP contribution is 2.23. The van der Waals surface area contributed by atoms with E-state index in [1.807, 2.05) is 36.1 Å². The Morgan fingerprint density at radius 2 is 1.71 bits per heavy atom. The van der Waals surface area contributed by atoms with Crippen molar-refractivity contribution in [2.24, 2.45) is 0 Å². The second-order valence-corrected chi connectivity index (χ2v) is 8.58. The molecule has 0 unspecified atom stereocenters. The summed E-state index contributed by atoms with van der Waals surface area (Å²) in [7, 11) is 0. The van der Waals surface area contributed by atoms with Gasteiger partial charge < -0.3 is 15.0 Å². The zero-order chi connectivity index (χ0) is 21.6. The molecule has 31 heavy (non-hydrogen) atoms. The molecular formula is C26H32N2O3. The van der Waals surface area contributed by atoms with Crippen LogP contribution in [-0.4, -0.2) is 42.5 Å². The minimum absolute atomic E-state index is 0.0434. The van der Waals surface area contributed by atoms with Crippen LogP contribution in [0.5, 0.6) is 5.75 Å². The van der Waals surface area contributed by atoms with Crippen LogP contribution in [0.4, 0.5) is 0 Å². The molecule has 0 bridgehead atoms. The van der Waals surface area contributed by atoms with E-state index in [0.717, 1.165) is 37.0 Å². The molecule has 5 nitrogen and oxygen atoms in total. The molecule has 2 aromatic rings. The van der Waals surface area contributed by atoms with E-state index >= 15 is 0 Å². The number of nitrogens with one attached hydrogen (secondary N) is 1. The van der Waals surface area contributed by atoms with Crippen molar-refractivity contribution in [2.45, 2.75) is 57.9 Å². The van der Waals surface area contributed by atoms with Crippen molar-refractivity contribution in [3.63, 3.8) is 0 Å². The van der Waals surface area contributed by atoms with E-state index in [1.165, 1.54) is 24.0 Å². The molecule has 4 rings (SSSR count). The molecule has 1 aliphatic heterocycles. The van der Waals surface area contributed by atoms with Crippen LogP contribution in [0, 0.1) is 0 Å². The number of aryl methyl sites for hydroxylation is 2. The lowest BCUT2D eigenvalue weighted by Gasteiger charge is -2.32. The van der Waals surface area contributed by atoms with Gasteiger partial charge in [0, 0.05) is 24.7 Å². The number of nitrogens with zero attached hydrogens (tertiary/aromatic N) is 1. The van der Waals surface area contributed by atoms with Gasteiger partial charge >= 0.3 is 0 Å². The Labute approximate surface area is 184 Å². The van der Waals surface area contributed by atoms with Gasteiger partial charge in [-0.3, -0.25) is 9.59 Å². The van der Waals surface area contributed by atoms with E-state index in [-0.39, 0.29) is 17.9 Å². The van der Waals surface area contributed by atoms with Crippen molar-refractivity contribution in [1.29, 1.82) is 0 Å². The van der Waals surface area contributed by atoms with Gasteiger partial charge in [0.1, 0.15) is 5.75 Å². The quantitative estimate of drug-likeness (QED) is 0.770. The first kappa shape index (κ1) is 21.4. The molecule has 0 aromatic heterocycles. The van der Waals surface area contributed by atoms with E-state index in [4.69, 9.17) is 4.74 Å². The van der Waals surface area contributed by atoms with Gasteiger partial charge in [-0.05, 0) is 86.4 Å². The summed E-state index contributed by atoms with van der Waals surface area (Å²) in [5.74, 6) is 0.897. The molecule has 0 spiro atoms. The Balaban J connectivity index is 1.25. The topological polar surface area (TPSA) is 58.6 Å². The maximum Gasteiger partial charge on any atom is 0.253 e. The zero-order valence-electron chi connectivity index (χ0n) is 18.4. The van der Waals surface area contributed by atoms with E-state index < -0.39 is 0 Å². The van der Waals surface area contributed by atoms with Crippen molar-refractivity contribution in [1.82, 2.24) is 10.2 Å². The smallest absolute Gasteiger partial charge is 0.253 e. The zero-order valence-corrected chi connectivity index (χ0v) is 18.4. The normalized spacial score (nSPS) is 16.5. The summed E-state index contributed by atoms with van der Waals surface area (Å²) < 4.78 is 5.44. The standard InChI is InChI=1S/C26H32N2O3/c1-2-31-24-11-9-21(10-12-24)26(30)28-15-13-23(14-16-28)27-25(29)18-19-7-8-20-5-3-4-6-22(20)17-19/h7-12,17,23H,2-6,13-16,18H2,1H3,(H,27,29). The molecule has 1 heterocycles. The highest BCUT2D eigenvalue weighted by Gasteiger charge is 2.24. The molecule has 164 valence electrons. The monoisotopic (exact) mass is 420 g/mol. The SMILES string of the molecule is CCOc1ccc(C(=O)N2CCC(NC(=O)Cc3ccc4c(c3)CCCC4)CC2)cc1. The number of piperidine rings is 1. The molecule has 2 aromatic carbocycles. The van der Waals surface area contributed by atoms with Crippen LogP contribution in [0.3, 0.4) is 0 Å². The Kier molecular flexibility index (Phi) is 6.90. The number of hydrogen-bond acceptors (Lipinski definition) is 3. The molecule has 0 radical (unpaired) electrons. The van der Waals surface area contributed by atoms with Crippen molar-refractivity contribution < 1.29 is 14.3 Å². The summed E-state index contributed by atoms with van der Waals surface area (Å²) in [5, 5.41) is 3.17. The molecule has 5 heteroatoms. The van der Waals surface area contributed by atoms with E-state index in [1.54, 1.807) is 0 Å². The number of likely N-dealkylation sites (tertiary alicyclic amines) is 1. The highest BCUT2D eigenvalue weighted by molar-refractivity contribution is 5.94. The van der Waals surface area contributed by atoms with Crippen LogP contribution in [0.15, 0.2) is 42.5 Å². The van der Waals surface area contributed by atoms with E-state index in [2.05, 4.69) is 23.5 Å². The summed E-state index contributed by atoms with van der Waals surface area (Å²) in [6.07, 6.45) is 6.82. The molecule has 1 aliphatic carbocycles. The van der Waals surface area contributed by atoms with Crippen molar-refractivity contribution in [3.8, 4) is 5.75 Å². The largest absolute Gasteiger partial charge is 0.494 e. The lowest BCUT2D eigenvalue weighted by Crippen LogP contribution is -2.46. The van der Waals surface area contributed by atoms with Gasteiger partial charge in [-0.25, -0.2) is 0 Å². The number of amides is 2. The van der Waals surface area contributed by atoms with Gasteiger partial charge in [0.15, 0.2) is 0 Å². The van der Waals surface area contributed by atoms with Crippen LogP contribution in [-0.2, 0) is 24.1 Å². The molecule has 2 amide bonds. The fourth-order valence-electron chi connectivity index (χ4n) is 4.63. The van der Waals surface area contributed by atoms with Crippen molar-refractivity contribution in [3.05, 3.63) is 64.7 Å². The van der Waals surface area contributed by atoms with E-state index in [9.17, 15) is 9.59 Å². The molecule has 0 saturated carbocycles.